The molecule has 0 unspecified atom stereocenters. The molecule has 1 aromatic rings. The Kier molecular flexibility index (Phi) is 2.61. The number of alkyl halides is 3. The molecule has 2 nitrogen and oxygen atoms in total. The normalized spacial score (nSPS) is 16.3. The summed E-state index contributed by atoms with van der Waals surface area (Å²) in [5, 5.41) is 2.95. The molecule has 0 aliphatic carbocycles. The highest BCUT2D eigenvalue weighted by Crippen LogP contribution is 2.32. The van der Waals surface area contributed by atoms with Crippen molar-refractivity contribution < 1.29 is 18.0 Å². The van der Waals surface area contributed by atoms with E-state index in [2.05, 4.69) is 5.32 Å². The van der Waals surface area contributed by atoms with Crippen molar-refractivity contribution in [2.24, 2.45) is 0 Å². The molecule has 0 spiro atoms. The number of anilines is 1. The lowest BCUT2D eigenvalue weighted by Gasteiger charge is -2.11. The second kappa shape index (κ2) is 3.81. The number of carbonyl (C=O) groups is 1. The summed E-state index contributed by atoms with van der Waals surface area (Å²) >= 11 is 0. The van der Waals surface area contributed by atoms with E-state index in [1.54, 1.807) is 0 Å². The van der Waals surface area contributed by atoms with E-state index < -0.39 is 11.7 Å². The number of rotatable bonds is 0. The topological polar surface area (TPSA) is 29.1 Å². The van der Waals surface area contributed by atoms with E-state index >= 15 is 0 Å². The van der Waals surface area contributed by atoms with Gasteiger partial charge in [0.2, 0.25) is 0 Å². The van der Waals surface area contributed by atoms with Crippen LogP contribution in [-0.2, 0) is 17.4 Å². The molecule has 16 heavy (non-hydrogen) atoms. The summed E-state index contributed by atoms with van der Waals surface area (Å²) in [6, 6.07) is 3.46. The van der Waals surface area contributed by atoms with E-state index in [-0.39, 0.29) is 12.2 Å². The predicted octanol–water partition coefficient (Wildman–Crippen LogP) is 2.63. The molecule has 1 aliphatic rings. The largest absolute Gasteiger partial charge is 0.416 e. The lowest BCUT2D eigenvalue weighted by atomic mass is 10.0. The van der Waals surface area contributed by atoms with Crippen molar-refractivity contribution in [3.63, 3.8) is 0 Å². The summed E-state index contributed by atoms with van der Waals surface area (Å²) in [5.74, 6) is -0.0365. The number of hydrogen-bond donors (Lipinski definition) is 1. The number of ketones is 1. The van der Waals surface area contributed by atoms with E-state index in [1.165, 1.54) is 6.07 Å². The van der Waals surface area contributed by atoms with Gasteiger partial charge in [0.05, 0.1) is 5.56 Å². The number of halogens is 3. The Balaban J connectivity index is 2.40. The molecule has 0 radical (unpaired) electrons. The maximum absolute atomic E-state index is 12.5. The molecule has 2 rings (SSSR count). The van der Waals surface area contributed by atoms with Crippen molar-refractivity contribution in [1.29, 1.82) is 0 Å². The van der Waals surface area contributed by atoms with Gasteiger partial charge in [-0.15, -0.1) is 0 Å². The van der Waals surface area contributed by atoms with Gasteiger partial charge in [-0.05, 0) is 23.8 Å². The first-order valence-electron chi connectivity index (χ1n) is 4.92. The third-order valence-electron chi connectivity index (χ3n) is 2.54. The molecule has 0 saturated carbocycles. The summed E-state index contributed by atoms with van der Waals surface area (Å²) in [6.07, 6.45) is -3.92. The molecular weight excluding hydrogens is 219 g/mol. The van der Waals surface area contributed by atoms with Crippen molar-refractivity contribution in [3.05, 3.63) is 29.3 Å². The number of carbonyl (C=O) groups excluding carboxylic acids is 1. The Morgan fingerprint density at radius 2 is 2.00 bits per heavy atom. The first-order valence-corrected chi connectivity index (χ1v) is 4.92. The van der Waals surface area contributed by atoms with Crippen LogP contribution >= 0.6 is 0 Å². The average Bonchev–Trinajstić information content (AvgIpc) is 2.35. The Bertz CT molecular complexity index is 426. The van der Waals surface area contributed by atoms with Crippen molar-refractivity contribution in [1.82, 2.24) is 0 Å². The zero-order valence-electron chi connectivity index (χ0n) is 8.40. The summed E-state index contributed by atoms with van der Waals surface area (Å²) in [5.41, 5.74) is 0.346. The van der Waals surface area contributed by atoms with Crippen LogP contribution < -0.4 is 5.32 Å². The average molecular weight is 229 g/mol. The minimum atomic E-state index is -4.36. The van der Waals surface area contributed by atoms with Gasteiger partial charge in [-0.3, -0.25) is 4.79 Å². The van der Waals surface area contributed by atoms with E-state index in [0.29, 0.717) is 24.2 Å². The van der Waals surface area contributed by atoms with Crippen LogP contribution in [0.3, 0.4) is 0 Å². The zero-order valence-corrected chi connectivity index (χ0v) is 8.40. The molecule has 86 valence electrons. The highest BCUT2D eigenvalue weighted by molar-refractivity contribution is 5.84. The number of hydrogen-bond acceptors (Lipinski definition) is 2. The van der Waals surface area contributed by atoms with Crippen LogP contribution in [0.25, 0.3) is 0 Å². The van der Waals surface area contributed by atoms with Crippen LogP contribution in [0.15, 0.2) is 18.2 Å². The fourth-order valence-electron chi connectivity index (χ4n) is 1.73. The molecule has 1 aromatic carbocycles. The van der Waals surface area contributed by atoms with Crippen LogP contribution in [0.5, 0.6) is 0 Å². The van der Waals surface area contributed by atoms with Gasteiger partial charge in [-0.2, -0.15) is 13.2 Å². The first-order chi connectivity index (χ1) is 7.47. The van der Waals surface area contributed by atoms with E-state index in [0.717, 1.165) is 12.1 Å². The Morgan fingerprint density at radius 1 is 1.25 bits per heavy atom. The summed E-state index contributed by atoms with van der Waals surface area (Å²) in [4.78, 5) is 11.3. The van der Waals surface area contributed by atoms with Gasteiger partial charge < -0.3 is 5.32 Å². The molecule has 0 saturated heterocycles. The molecule has 1 heterocycles. The molecule has 0 atom stereocenters. The number of fused-ring (bicyclic) bond motifs is 1. The zero-order chi connectivity index (χ0) is 11.8. The van der Waals surface area contributed by atoms with Crippen molar-refractivity contribution in [2.75, 3.05) is 11.9 Å². The van der Waals surface area contributed by atoms with Crippen LogP contribution in [0, 0.1) is 0 Å². The van der Waals surface area contributed by atoms with E-state index in [4.69, 9.17) is 0 Å². The summed E-state index contributed by atoms with van der Waals surface area (Å²) in [7, 11) is 0. The molecule has 1 N–H and O–H groups in total. The smallest absolute Gasteiger partial charge is 0.384 e. The predicted molar refractivity (Wildman–Crippen MR) is 53.3 cm³/mol. The summed E-state index contributed by atoms with van der Waals surface area (Å²) < 4.78 is 37.4. The fourth-order valence-corrected chi connectivity index (χ4v) is 1.73. The molecule has 0 bridgehead atoms. The van der Waals surface area contributed by atoms with Gasteiger partial charge in [0.15, 0.2) is 0 Å². The van der Waals surface area contributed by atoms with Crippen molar-refractivity contribution in [2.45, 2.75) is 19.0 Å². The van der Waals surface area contributed by atoms with Crippen molar-refractivity contribution >= 4 is 11.5 Å². The quantitative estimate of drug-likeness (QED) is 0.741. The second-order valence-corrected chi connectivity index (χ2v) is 3.76. The molecule has 0 fully saturated rings. The van der Waals surface area contributed by atoms with Gasteiger partial charge in [0.1, 0.15) is 5.78 Å². The SMILES string of the molecule is O=C1CCNc2ccc(C(F)(F)F)cc2C1. The van der Waals surface area contributed by atoms with Crippen LogP contribution in [0.2, 0.25) is 0 Å². The van der Waals surface area contributed by atoms with E-state index in [9.17, 15) is 18.0 Å². The highest BCUT2D eigenvalue weighted by Gasteiger charge is 2.31. The number of benzene rings is 1. The summed E-state index contributed by atoms with van der Waals surface area (Å²) in [6.45, 7) is 0.483. The molecule has 1 aliphatic heterocycles. The third kappa shape index (κ3) is 2.18. The Labute approximate surface area is 90.5 Å². The lowest BCUT2D eigenvalue weighted by molar-refractivity contribution is -0.137. The van der Waals surface area contributed by atoms with Crippen LogP contribution in [0.4, 0.5) is 18.9 Å². The fraction of sp³-hybridized carbons (Fsp3) is 0.364. The monoisotopic (exact) mass is 229 g/mol. The third-order valence-corrected chi connectivity index (χ3v) is 2.54. The van der Waals surface area contributed by atoms with Gasteiger partial charge in [-0.1, -0.05) is 0 Å². The van der Waals surface area contributed by atoms with Gasteiger partial charge in [0.25, 0.3) is 0 Å². The number of Topliss-reactive ketones (excluding diaryl/α,β-unsaturated/α-hetero) is 1. The van der Waals surface area contributed by atoms with E-state index in [1.807, 2.05) is 0 Å². The van der Waals surface area contributed by atoms with Gasteiger partial charge in [-0.25, -0.2) is 0 Å². The minimum Gasteiger partial charge on any atom is -0.384 e. The standard InChI is InChI=1S/C11H10F3NO/c12-11(13,14)8-1-2-10-7(5-8)6-9(16)3-4-15-10/h1-2,5,15H,3-4,6H2. The molecule has 5 heteroatoms. The second-order valence-electron chi connectivity index (χ2n) is 3.76. The highest BCUT2D eigenvalue weighted by atomic mass is 19.4. The van der Waals surface area contributed by atoms with Gasteiger partial charge >= 0.3 is 6.18 Å². The van der Waals surface area contributed by atoms with Gasteiger partial charge in [0, 0.05) is 25.1 Å². The Morgan fingerprint density at radius 3 is 2.69 bits per heavy atom. The van der Waals surface area contributed by atoms with Crippen LogP contribution in [0.1, 0.15) is 17.5 Å². The van der Waals surface area contributed by atoms with Crippen molar-refractivity contribution in [3.8, 4) is 0 Å². The number of nitrogens with one attached hydrogen (secondary N) is 1. The maximum Gasteiger partial charge on any atom is 0.416 e. The maximum atomic E-state index is 12.5. The molecule has 0 amide bonds. The molecule has 0 aromatic heterocycles. The molecular formula is C11H10F3NO. The first kappa shape index (κ1) is 11.0. The minimum absolute atomic E-state index is 0.0365. The lowest BCUT2D eigenvalue weighted by Crippen LogP contribution is -2.07. The van der Waals surface area contributed by atoms with Crippen LogP contribution in [-0.4, -0.2) is 12.3 Å². The Hall–Kier alpha value is -1.52.